The van der Waals surface area contributed by atoms with Gasteiger partial charge in [0.1, 0.15) is 0 Å². The Balaban J connectivity index is 1.99. The molecule has 2 aliphatic rings. The minimum atomic E-state index is -1.36. The molecular formula is C23H41N2O3PSi2. The zero-order chi connectivity index (χ0) is 22.8. The average Bonchev–Trinajstić information content (AvgIpc) is 2.96. The number of ether oxygens (including phenoxy) is 1. The van der Waals surface area contributed by atoms with Gasteiger partial charge in [0.05, 0.1) is 23.3 Å². The van der Waals surface area contributed by atoms with Crippen molar-refractivity contribution in [2.45, 2.75) is 83.2 Å². The Labute approximate surface area is 192 Å². The summed E-state index contributed by atoms with van der Waals surface area (Å²) in [4.78, 5) is 12.8. The van der Waals surface area contributed by atoms with E-state index < -0.39 is 30.7 Å². The largest absolute Gasteiger partial charge is 0.467 e. The summed E-state index contributed by atoms with van der Waals surface area (Å²) in [6.07, 6.45) is 6.64. The summed E-state index contributed by atoms with van der Waals surface area (Å²) in [6.45, 7) is 14.6. The van der Waals surface area contributed by atoms with E-state index in [1.807, 2.05) is 30.3 Å². The number of carbonyl (C=O) groups excluding carboxylic acids is 1. The van der Waals surface area contributed by atoms with Gasteiger partial charge in [-0.15, -0.1) is 0 Å². The summed E-state index contributed by atoms with van der Waals surface area (Å²) in [5, 5.41) is 0. The molecule has 0 bridgehead atoms. The van der Waals surface area contributed by atoms with Crippen LogP contribution >= 0.6 is 8.45 Å². The first-order chi connectivity index (χ1) is 14.5. The molecule has 1 saturated heterocycles. The second-order valence-corrected chi connectivity index (χ2v) is 24.0. The molecule has 1 aromatic carbocycles. The van der Waals surface area contributed by atoms with Crippen LogP contribution in [-0.4, -0.2) is 63.0 Å². The van der Waals surface area contributed by atoms with Crippen LogP contribution in [0.25, 0.3) is 0 Å². The van der Waals surface area contributed by atoms with Gasteiger partial charge in [-0.05, 0) is 30.7 Å². The monoisotopic (exact) mass is 480 g/mol. The normalized spacial score (nSPS) is 24.7. The molecule has 0 amide bonds. The van der Waals surface area contributed by atoms with Crippen molar-refractivity contribution in [3.05, 3.63) is 35.9 Å². The molecule has 1 aliphatic heterocycles. The number of nitrogens with zero attached hydrogens (tertiary/aromatic N) is 2. The molecule has 3 rings (SSSR count). The van der Waals surface area contributed by atoms with Gasteiger partial charge in [0.15, 0.2) is 14.6 Å². The molecule has 1 saturated carbocycles. The molecule has 0 radical (unpaired) electrons. The standard InChI is InChI=1S/C23H41N2O3PSi2/c1-27-23(26)22(19-13-9-8-10-14-19)28-29-24(17-30(2,3)4)20-15-11-12-16-21(20)25(29)18-31(5,6)7/h8-10,13-14,20-22H,11-12,15-18H2,1-7H3/t20-,21-,22+/m1/s1. The summed E-state index contributed by atoms with van der Waals surface area (Å²) in [7, 11) is -2.28. The Bertz CT molecular complexity index is 707. The number of methoxy groups -OCH3 is 1. The lowest BCUT2D eigenvalue weighted by atomic mass is 9.90. The number of carbonyl (C=O) groups is 1. The second kappa shape index (κ2) is 10.1. The van der Waals surface area contributed by atoms with E-state index in [-0.39, 0.29) is 5.97 Å². The highest BCUT2D eigenvalue weighted by molar-refractivity contribution is 7.48. The summed E-state index contributed by atoms with van der Waals surface area (Å²) in [5.74, 6) is -0.301. The molecule has 0 unspecified atom stereocenters. The van der Waals surface area contributed by atoms with Crippen LogP contribution in [0.5, 0.6) is 0 Å². The summed E-state index contributed by atoms with van der Waals surface area (Å²) < 4.78 is 17.4. The van der Waals surface area contributed by atoms with E-state index in [1.165, 1.54) is 32.8 Å². The number of hydrogen-bond acceptors (Lipinski definition) is 5. The maximum Gasteiger partial charge on any atom is 0.340 e. The zero-order valence-electron chi connectivity index (χ0n) is 20.4. The van der Waals surface area contributed by atoms with Gasteiger partial charge < -0.3 is 9.26 Å². The fourth-order valence-corrected chi connectivity index (χ4v) is 12.6. The van der Waals surface area contributed by atoms with Crippen molar-refractivity contribution in [2.75, 3.05) is 19.4 Å². The van der Waals surface area contributed by atoms with Gasteiger partial charge >= 0.3 is 5.97 Å². The van der Waals surface area contributed by atoms with Crippen LogP contribution in [0.15, 0.2) is 30.3 Å². The Morgan fingerprint density at radius 2 is 1.45 bits per heavy atom. The summed E-state index contributed by atoms with van der Waals surface area (Å²) in [5.41, 5.74) is 0.882. The molecule has 8 heteroatoms. The molecule has 0 spiro atoms. The van der Waals surface area contributed by atoms with Gasteiger partial charge in [0.2, 0.25) is 0 Å². The van der Waals surface area contributed by atoms with Crippen LogP contribution in [0, 0.1) is 0 Å². The Morgan fingerprint density at radius 1 is 0.968 bits per heavy atom. The quantitative estimate of drug-likeness (QED) is 0.266. The molecule has 174 valence electrons. The third-order valence-electron chi connectivity index (χ3n) is 5.89. The third-order valence-corrected chi connectivity index (χ3v) is 11.2. The van der Waals surface area contributed by atoms with Crippen molar-refractivity contribution in [2.24, 2.45) is 0 Å². The van der Waals surface area contributed by atoms with Gasteiger partial charge in [-0.3, -0.25) is 0 Å². The molecular weight excluding hydrogens is 439 g/mol. The number of rotatable bonds is 8. The van der Waals surface area contributed by atoms with E-state index in [0.717, 1.165) is 17.9 Å². The molecule has 1 aliphatic carbocycles. The van der Waals surface area contributed by atoms with Gasteiger partial charge in [0.25, 0.3) is 0 Å². The predicted molar refractivity (Wildman–Crippen MR) is 135 cm³/mol. The average molecular weight is 481 g/mol. The van der Waals surface area contributed by atoms with E-state index in [0.29, 0.717) is 12.1 Å². The lowest BCUT2D eigenvalue weighted by Gasteiger charge is -2.37. The zero-order valence-corrected chi connectivity index (χ0v) is 23.3. The van der Waals surface area contributed by atoms with Crippen LogP contribution in [0.4, 0.5) is 0 Å². The Kier molecular flexibility index (Phi) is 8.20. The maximum atomic E-state index is 12.8. The minimum absolute atomic E-state index is 0.301. The number of fused-ring (bicyclic) bond motifs is 1. The fraction of sp³-hybridized carbons (Fsp3) is 0.696. The van der Waals surface area contributed by atoms with Gasteiger partial charge in [-0.2, -0.15) is 0 Å². The van der Waals surface area contributed by atoms with Crippen molar-refractivity contribution in [1.29, 1.82) is 0 Å². The van der Waals surface area contributed by atoms with Gasteiger partial charge in [-0.25, -0.2) is 14.1 Å². The molecule has 1 aromatic rings. The predicted octanol–water partition coefficient (Wildman–Crippen LogP) is 5.83. The second-order valence-electron chi connectivity index (χ2n) is 11.4. The molecule has 1 heterocycles. The van der Waals surface area contributed by atoms with E-state index in [2.05, 4.69) is 48.6 Å². The van der Waals surface area contributed by atoms with Crippen molar-refractivity contribution < 1.29 is 14.1 Å². The minimum Gasteiger partial charge on any atom is -0.467 e. The Hall–Kier alpha value is -0.566. The van der Waals surface area contributed by atoms with Crippen molar-refractivity contribution in [1.82, 2.24) is 9.34 Å². The van der Waals surface area contributed by atoms with Crippen molar-refractivity contribution in [3.8, 4) is 0 Å². The number of esters is 1. The molecule has 0 aromatic heterocycles. The van der Waals surface area contributed by atoms with Crippen LogP contribution < -0.4 is 0 Å². The number of benzene rings is 1. The first kappa shape index (κ1) is 25.1. The van der Waals surface area contributed by atoms with Crippen LogP contribution in [-0.2, 0) is 14.1 Å². The summed E-state index contributed by atoms with van der Waals surface area (Å²) >= 11 is 0. The Morgan fingerprint density at radius 3 is 1.87 bits per heavy atom. The molecule has 3 atom stereocenters. The fourth-order valence-electron chi connectivity index (χ4n) is 4.71. The third kappa shape index (κ3) is 6.49. The molecule has 0 N–H and O–H groups in total. The lowest BCUT2D eigenvalue weighted by Crippen LogP contribution is -2.46. The number of hydrogen-bond donors (Lipinski definition) is 0. The smallest absolute Gasteiger partial charge is 0.340 e. The van der Waals surface area contributed by atoms with Crippen molar-refractivity contribution in [3.63, 3.8) is 0 Å². The highest BCUT2D eigenvalue weighted by Crippen LogP contribution is 2.60. The van der Waals surface area contributed by atoms with E-state index >= 15 is 0 Å². The highest BCUT2D eigenvalue weighted by atomic mass is 31.2. The highest BCUT2D eigenvalue weighted by Gasteiger charge is 2.52. The van der Waals surface area contributed by atoms with Crippen LogP contribution in [0.1, 0.15) is 37.4 Å². The molecule has 5 nitrogen and oxygen atoms in total. The van der Waals surface area contributed by atoms with Gasteiger partial charge in [0, 0.05) is 12.1 Å². The lowest BCUT2D eigenvalue weighted by molar-refractivity contribution is -0.149. The molecule has 31 heavy (non-hydrogen) atoms. The first-order valence-corrected chi connectivity index (χ1v) is 20.2. The van der Waals surface area contributed by atoms with Crippen LogP contribution in [0.2, 0.25) is 39.3 Å². The van der Waals surface area contributed by atoms with E-state index in [1.54, 1.807) is 0 Å². The first-order valence-electron chi connectivity index (χ1n) is 11.6. The van der Waals surface area contributed by atoms with E-state index in [4.69, 9.17) is 9.26 Å². The van der Waals surface area contributed by atoms with Crippen LogP contribution in [0.3, 0.4) is 0 Å². The van der Waals surface area contributed by atoms with Crippen molar-refractivity contribution >= 4 is 30.6 Å². The summed E-state index contributed by atoms with van der Waals surface area (Å²) in [6, 6.07) is 11.0. The van der Waals surface area contributed by atoms with E-state index in [9.17, 15) is 4.79 Å². The molecule has 2 fully saturated rings. The maximum absolute atomic E-state index is 12.8. The van der Waals surface area contributed by atoms with Gasteiger partial charge in [-0.1, -0.05) is 82.5 Å². The topological polar surface area (TPSA) is 42.0 Å². The SMILES string of the molecule is COC(=O)[C@@H](OP1N(C[Si](C)(C)C)[C@@H]2CCCC[C@H]2N1C[Si](C)(C)C)c1ccccc1.